The Morgan fingerprint density at radius 1 is 0.818 bits per heavy atom. The third kappa shape index (κ3) is 3.21. The first-order valence-electron chi connectivity index (χ1n) is 14.5. The van der Waals surface area contributed by atoms with Gasteiger partial charge in [-0.2, -0.15) is 0 Å². The van der Waals surface area contributed by atoms with Gasteiger partial charge in [0.05, 0.1) is 25.0 Å². The first kappa shape index (κ1) is 22.0. The Bertz CT molecular complexity index is 751. The van der Waals surface area contributed by atoms with Crippen LogP contribution in [0.4, 0.5) is 0 Å². The van der Waals surface area contributed by atoms with Crippen LogP contribution < -0.4 is 5.32 Å². The summed E-state index contributed by atoms with van der Waals surface area (Å²) in [5.74, 6) is 5.13. The number of nitrogens with one attached hydrogen (secondary N) is 1. The van der Waals surface area contributed by atoms with Gasteiger partial charge in [-0.1, -0.05) is 39.5 Å². The topological polar surface area (TPSA) is 43.0 Å². The van der Waals surface area contributed by atoms with Crippen molar-refractivity contribution in [2.75, 3.05) is 6.67 Å². The van der Waals surface area contributed by atoms with Gasteiger partial charge in [0.15, 0.2) is 0 Å². The summed E-state index contributed by atoms with van der Waals surface area (Å²) in [6.45, 7) is 10.3. The predicted molar refractivity (Wildman–Crippen MR) is 127 cm³/mol. The Balaban J connectivity index is 1.27. The maximum atomic E-state index is 6.94. The number of ether oxygens (including phenoxy) is 3. The SMILES string of the molecule is CC1CC(C)C2C(C1)C1C3C(NCN1C21OC(C)CC(C)O1)OC1CC2CCCCC2CC13. The highest BCUT2D eigenvalue weighted by Gasteiger charge is 2.70. The molecule has 0 aromatic heterocycles. The number of hydrogen-bond acceptors (Lipinski definition) is 5. The van der Waals surface area contributed by atoms with Gasteiger partial charge in [0.2, 0.25) is 5.91 Å². The Morgan fingerprint density at radius 2 is 1.55 bits per heavy atom. The highest BCUT2D eigenvalue weighted by Crippen LogP contribution is 2.62. The minimum absolute atomic E-state index is 0.225. The lowest BCUT2D eigenvalue weighted by molar-refractivity contribution is -0.395. The Hall–Kier alpha value is -0.200. The van der Waals surface area contributed by atoms with E-state index < -0.39 is 5.91 Å². The molecule has 0 aromatic carbocycles. The van der Waals surface area contributed by atoms with Crippen molar-refractivity contribution in [2.45, 2.75) is 122 Å². The van der Waals surface area contributed by atoms with E-state index in [1.165, 1.54) is 51.4 Å². The molecule has 7 aliphatic rings. The fraction of sp³-hybridized carbons (Fsp3) is 1.00. The Labute approximate surface area is 200 Å². The molecule has 13 unspecified atom stereocenters. The van der Waals surface area contributed by atoms with E-state index in [4.69, 9.17) is 14.2 Å². The molecule has 5 heteroatoms. The van der Waals surface area contributed by atoms with Gasteiger partial charge in [-0.3, -0.25) is 5.32 Å². The molecule has 5 nitrogen and oxygen atoms in total. The largest absolute Gasteiger partial charge is 0.359 e. The summed E-state index contributed by atoms with van der Waals surface area (Å²) in [5, 5.41) is 3.87. The van der Waals surface area contributed by atoms with Crippen LogP contribution in [0.2, 0.25) is 0 Å². The number of nitrogens with zero attached hydrogens (tertiary/aromatic N) is 1. The monoisotopic (exact) mass is 458 g/mol. The van der Waals surface area contributed by atoms with Gasteiger partial charge in [0, 0.05) is 17.9 Å². The summed E-state index contributed by atoms with van der Waals surface area (Å²) in [7, 11) is 0. The van der Waals surface area contributed by atoms with Gasteiger partial charge in [-0.25, -0.2) is 4.90 Å². The molecule has 186 valence electrons. The van der Waals surface area contributed by atoms with Crippen molar-refractivity contribution >= 4 is 0 Å². The molecule has 1 spiro atoms. The van der Waals surface area contributed by atoms with Crippen molar-refractivity contribution in [2.24, 2.45) is 47.3 Å². The molecule has 7 fully saturated rings. The molecule has 1 N–H and O–H groups in total. The smallest absolute Gasteiger partial charge is 0.235 e. The van der Waals surface area contributed by atoms with Gasteiger partial charge in [-0.05, 0) is 81.5 Å². The lowest BCUT2D eigenvalue weighted by atomic mass is 9.60. The van der Waals surface area contributed by atoms with E-state index in [1.54, 1.807) is 0 Å². The average Bonchev–Trinajstić information content (AvgIpc) is 3.24. The Kier molecular flexibility index (Phi) is 5.27. The van der Waals surface area contributed by atoms with Crippen molar-refractivity contribution in [3.63, 3.8) is 0 Å². The third-order valence-corrected chi connectivity index (χ3v) is 11.2. The van der Waals surface area contributed by atoms with Crippen molar-refractivity contribution in [3.8, 4) is 0 Å². The zero-order valence-electron chi connectivity index (χ0n) is 21.2. The fourth-order valence-corrected chi connectivity index (χ4v) is 10.4. The molecule has 4 heterocycles. The summed E-state index contributed by atoms with van der Waals surface area (Å²) in [6.07, 6.45) is 13.3. The Morgan fingerprint density at radius 3 is 2.30 bits per heavy atom. The van der Waals surface area contributed by atoms with E-state index in [0.717, 1.165) is 30.8 Å². The second-order valence-corrected chi connectivity index (χ2v) is 13.4. The van der Waals surface area contributed by atoms with Crippen molar-refractivity contribution in [3.05, 3.63) is 0 Å². The lowest BCUT2D eigenvalue weighted by Gasteiger charge is -2.53. The van der Waals surface area contributed by atoms with E-state index in [2.05, 4.69) is 37.9 Å². The van der Waals surface area contributed by atoms with Crippen molar-refractivity contribution < 1.29 is 14.2 Å². The average molecular weight is 459 g/mol. The number of fused-ring (bicyclic) bond motifs is 10. The molecule has 4 aliphatic heterocycles. The molecule has 0 amide bonds. The highest BCUT2D eigenvalue weighted by atomic mass is 16.7. The van der Waals surface area contributed by atoms with Crippen LogP contribution in [-0.4, -0.2) is 48.1 Å². The van der Waals surface area contributed by atoms with Crippen LogP contribution in [0.25, 0.3) is 0 Å². The van der Waals surface area contributed by atoms with Gasteiger partial charge in [0.1, 0.15) is 6.23 Å². The maximum Gasteiger partial charge on any atom is 0.235 e. The summed E-state index contributed by atoms with van der Waals surface area (Å²) < 4.78 is 20.7. The number of rotatable bonds is 0. The first-order chi connectivity index (χ1) is 15.9. The van der Waals surface area contributed by atoms with E-state index in [0.29, 0.717) is 41.7 Å². The van der Waals surface area contributed by atoms with Crippen LogP contribution >= 0.6 is 0 Å². The summed E-state index contributed by atoms with van der Waals surface area (Å²) in [5.41, 5.74) is 0. The standard InChI is InChI=1S/C28H46N2O3/c1-15-9-16(2)25-22(10-15)26-24-21-12-19-7-5-6-8-20(19)13-23(21)31-27(24)29-14-30(26)28(25)32-17(3)11-18(4)33-28/h15-27,29H,5-14H2,1-4H3. The van der Waals surface area contributed by atoms with E-state index in [9.17, 15) is 0 Å². The molecule has 3 aliphatic carbocycles. The van der Waals surface area contributed by atoms with Gasteiger partial charge < -0.3 is 14.2 Å². The number of hydrogen-bond donors (Lipinski definition) is 1. The second-order valence-electron chi connectivity index (χ2n) is 13.4. The lowest BCUT2D eigenvalue weighted by Crippen LogP contribution is -2.67. The van der Waals surface area contributed by atoms with Crippen LogP contribution in [0.3, 0.4) is 0 Å². The van der Waals surface area contributed by atoms with E-state index >= 15 is 0 Å². The van der Waals surface area contributed by atoms with E-state index in [1.807, 2.05) is 0 Å². The molecular formula is C28H46N2O3. The van der Waals surface area contributed by atoms with Crippen LogP contribution in [0.15, 0.2) is 0 Å². The minimum atomic E-state index is -0.552. The van der Waals surface area contributed by atoms with Crippen LogP contribution in [-0.2, 0) is 14.2 Å². The third-order valence-electron chi connectivity index (χ3n) is 11.2. The van der Waals surface area contributed by atoms with Crippen LogP contribution in [0, 0.1) is 47.3 Å². The molecule has 13 atom stereocenters. The maximum absolute atomic E-state index is 6.94. The van der Waals surface area contributed by atoms with Gasteiger partial charge in [-0.15, -0.1) is 0 Å². The summed E-state index contributed by atoms with van der Waals surface area (Å²) in [6, 6.07) is 0.527. The minimum Gasteiger partial charge on any atom is -0.359 e. The molecule has 3 saturated carbocycles. The molecule has 7 rings (SSSR count). The highest BCUT2D eigenvalue weighted by molar-refractivity contribution is 5.14. The molecule has 4 saturated heterocycles. The normalized spacial score (nSPS) is 60.5. The van der Waals surface area contributed by atoms with Gasteiger partial charge >= 0.3 is 0 Å². The van der Waals surface area contributed by atoms with Crippen molar-refractivity contribution in [1.82, 2.24) is 10.2 Å². The zero-order chi connectivity index (χ0) is 22.5. The quantitative estimate of drug-likeness (QED) is 0.556. The molecule has 0 aromatic rings. The van der Waals surface area contributed by atoms with Crippen LogP contribution in [0.1, 0.15) is 85.5 Å². The van der Waals surface area contributed by atoms with Gasteiger partial charge in [0.25, 0.3) is 0 Å². The fourth-order valence-electron chi connectivity index (χ4n) is 10.4. The zero-order valence-corrected chi connectivity index (χ0v) is 21.2. The molecule has 0 radical (unpaired) electrons. The second kappa shape index (κ2) is 7.90. The molecule has 0 bridgehead atoms. The van der Waals surface area contributed by atoms with Crippen molar-refractivity contribution in [1.29, 1.82) is 0 Å². The van der Waals surface area contributed by atoms with Crippen LogP contribution in [0.5, 0.6) is 0 Å². The summed E-state index contributed by atoms with van der Waals surface area (Å²) in [4.78, 5) is 2.68. The first-order valence-corrected chi connectivity index (χ1v) is 14.5. The molecular weight excluding hydrogens is 412 g/mol. The predicted octanol–water partition coefficient (Wildman–Crippen LogP) is 4.95. The molecule has 33 heavy (non-hydrogen) atoms. The summed E-state index contributed by atoms with van der Waals surface area (Å²) >= 11 is 0. The van der Waals surface area contributed by atoms with E-state index in [-0.39, 0.29) is 18.4 Å².